The third-order valence-corrected chi connectivity index (χ3v) is 2.74. The van der Waals surface area contributed by atoms with E-state index >= 15 is 0 Å². The molecule has 100 valence electrons. The number of fused-ring (bicyclic) bond motifs is 2. The number of nitrogens with two attached hydrogens (primary N) is 2. The molecule has 3 atom stereocenters. The zero-order chi connectivity index (χ0) is 13.1. The number of hydrazine groups is 1. The van der Waals surface area contributed by atoms with Crippen LogP contribution in [0.3, 0.4) is 0 Å². The molecule has 10 heteroatoms. The van der Waals surface area contributed by atoms with Gasteiger partial charge in [-0.2, -0.15) is 5.10 Å². The Kier molecular flexibility index (Phi) is 4.24. The van der Waals surface area contributed by atoms with Crippen molar-refractivity contribution in [2.24, 2.45) is 16.6 Å². The minimum absolute atomic E-state index is 0.0443. The molecule has 2 aliphatic heterocycles. The third-order valence-electron chi connectivity index (χ3n) is 2.55. The van der Waals surface area contributed by atoms with Gasteiger partial charge in [-0.25, -0.2) is 5.43 Å². The zero-order valence-electron chi connectivity index (χ0n) is 9.38. The molecule has 8 nitrogen and oxygen atoms in total. The Hall–Kier alpha value is -1.07. The van der Waals surface area contributed by atoms with Crippen LogP contribution in [0.1, 0.15) is 6.42 Å². The molecule has 0 spiro atoms. The molecular weight excluding hydrogens is 276 g/mol. The van der Waals surface area contributed by atoms with E-state index in [-0.39, 0.29) is 22.4 Å². The van der Waals surface area contributed by atoms with Crippen molar-refractivity contribution in [3.63, 3.8) is 0 Å². The molecule has 2 aliphatic rings. The Balaban J connectivity index is 1.98. The van der Waals surface area contributed by atoms with E-state index in [0.29, 0.717) is 18.7 Å². The fourth-order valence-electron chi connectivity index (χ4n) is 1.79. The first-order valence-corrected chi connectivity index (χ1v) is 6.08. The minimum atomic E-state index is -0.445. The molecule has 2 heterocycles. The second-order valence-electron chi connectivity index (χ2n) is 3.86. The maximum Gasteiger partial charge on any atom is 0.199 e. The van der Waals surface area contributed by atoms with Gasteiger partial charge in [0.2, 0.25) is 0 Å². The lowest BCUT2D eigenvalue weighted by molar-refractivity contribution is -0.0263. The Morgan fingerprint density at radius 1 is 1.33 bits per heavy atom. The number of nitrogens with one attached hydrogen (secondary N) is 3. The maximum absolute atomic E-state index is 5.62. The first-order valence-electron chi connectivity index (χ1n) is 5.26. The number of hydrazone groups is 1. The van der Waals surface area contributed by atoms with Gasteiger partial charge in [-0.15, -0.1) is 0 Å². The van der Waals surface area contributed by atoms with Gasteiger partial charge >= 0.3 is 0 Å². The lowest BCUT2D eigenvalue weighted by Gasteiger charge is -2.29. The van der Waals surface area contributed by atoms with Crippen LogP contribution in [-0.4, -0.2) is 41.0 Å². The summed E-state index contributed by atoms with van der Waals surface area (Å²) in [6, 6.07) is -0.0443. The molecule has 0 aromatic rings. The van der Waals surface area contributed by atoms with Gasteiger partial charge < -0.3 is 20.9 Å². The van der Waals surface area contributed by atoms with Crippen LogP contribution in [0.25, 0.3) is 0 Å². The molecule has 18 heavy (non-hydrogen) atoms. The summed E-state index contributed by atoms with van der Waals surface area (Å²) in [7, 11) is 0. The van der Waals surface area contributed by atoms with Crippen LogP contribution in [0.2, 0.25) is 0 Å². The summed E-state index contributed by atoms with van der Waals surface area (Å²) in [5.41, 5.74) is 19.5. The van der Waals surface area contributed by atoms with Crippen LogP contribution in [0.15, 0.2) is 5.10 Å². The highest BCUT2D eigenvalue weighted by Gasteiger charge is 2.42. The lowest BCUT2D eigenvalue weighted by atomic mass is 10.0. The average molecular weight is 290 g/mol. The van der Waals surface area contributed by atoms with Gasteiger partial charge in [0.25, 0.3) is 0 Å². The van der Waals surface area contributed by atoms with E-state index in [0.717, 1.165) is 0 Å². The van der Waals surface area contributed by atoms with Gasteiger partial charge in [0.15, 0.2) is 16.5 Å². The number of hydrogen-bond acceptors (Lipinski definition) is 6. The van der Waals surface area contributed by atoms with Crippen molar-refractivity contribution in [2.75, 3.05) is 6.61 Å². The fourth-order valence-corrected chi connectivity index (χ4v) is 1.90. The van der Waals surface area contributed by atoms with Gasteiger partial charge in [0, 0.05) is 6.42 Å². The van der Waals surface area contributed by atoms with Crippen molar-refractivity contribution < 1.29 is 9.47 Å². The Labute approximate surface area is 114 Å². The number of thiocarbonyl (C=S) groups is 2. The van der Waals surface area contributed by atoms with Gasteiger partial charge in [-0.1, -0.05) is 0 Å². The standard InChI is InChI=1S/C8H14N6O2S2/c9-7(17)13-11-3-1-4(12-14-8(10)18)6-15-2-5(3)16-6/h3,5-6,11H,1-2H2,(H3,9,13,17)(H3,10,14,18)/b12-4+/t3-,5+,6+/m1/s1. The molecule has 0 amide bonds. The van der Waals surface area contributed by atoms with E-state index in [1.807, 2.05) is 0 Å². The van der Waals surface area contributed by atoms with E-state index in [9.17, 15) is 0 Å². The second kappa shape index (κ2) is 5.71. The summed E-state index contributed by atoms with van der Waals surface area (Å²) in [6.45, 7) is 0.480. The summed E-state index contributed by atoms with van der Waals surface area (Å²) in [4.78, 5) is 0. The number of rotatable bonds is 3. The minimum Gasteiger partial charge on any atom is -0.375 e. The molecule has 0 unspecified atom stereocenters. The van der Waals surface area contributed by atoms with Gasteiger partial charge in [0.05, 0.1) is 18.4 Å². The number of nitrogens with zero attached hydrogens (tertiary/aromatic N) is 1. The van der Waals surface area contributed by atoms with Crippen LogP contribution in [0.5, 0.6) is 0 Å². The van der Waals surface area contributed by atoms with Crippen LogP contribution < -0.4 is 27.7 Å². The molecule has 0 saturated carbocycles. The van der Waals surface area contributed by atoms with Crippen LogP contribution in [0, 0.1) is 0 Å². The van der Waals surface area contributed by atoms with Gasteiger partial charge in [-0.3, -0.25) is 10.9 Å². The molecule has 0 aromatic heterocycles. The van der Waals surface area contributed by atoms with Gasteiger partial charge in [-0.05, 0) is 24.4 Å². The van der Waals surface area contributed by atoms with Crippen molar-refractivity contribution in [1.29, 1.82) is 0 Å². The summed E-state index contributed by atoms with van der Waals surface area (Å²) < 4.78 is 11.1. The van der Waals surface area contributed by atoms with Gasteiger partial charge in [0.1, 0.15) is 6.10 Å². The van der Waals surface area contributed by atoms with E-state index in [1.54, 1.807) is 0 Å². The molecule has 2 bridgehead atoms. The first-order chi connectivity index (χ1) is 8.56. The SMILES string of the molecule is NC(=S)N/N=C1\C[C@@H](NNC(N)=S)[C@@H]2CO[C@H]1O2. The molecule has 0 aliphatic carbocycles. The van der Waals surface area contributed by atoms with E-state index in [1.165, 1.54) is 0 Å². The highest BCUT2D eigenvalue weighted by atomic mass is 32.1. The van der Waals surface area contributed by atoms with E-state index in [2.05, 4.69) is 33.6 Å². The second-order valence-corrected chi connectivity index (χ2v) is 4.74. The number of hydrogen-bond donors (Lipinski definition) is 5. The quantitative estimate of drug-likeness (QED) is 0.298. The molecule has 2 rings (SSSR count). The third kappa shape index (κ3) is 3.23. The van der Waals surface area contributed by atoms with Crippen LogP contribution in [0.4, 0.5) is 0 Å². The molecule has 7 N–H and O–H groups in total. The summed E-state index contributed by atoms with van der Waals surface area (Å²) in [5, 5.41) is 4.31. The summed E-state index contributed by atoms with van der Waals surface area (Å²) in [5.74, 6) is 0. The topological polar surface area (TPSA) is 119 Å². The molecule has 2 fully saturated rings. The lowest BCUT2D eigenvalue weighted by Crippen LogP contribution is -2.55. The molecule has 0 radical (unpaired) electrons. The van der Waals surface area contributed by atoms with Crippen molar-refractivity contribution in [2.45, 2.75) is 24.9 Å². The summed E-state index contributed by atoms with van der Waals surface area (Å²) in [6.07, 6.45) is 0.0981. The Morgan fingerprint density at radius 3 is 2.78 bits per heavy atom. The van der Waals surface area contributed by atoms with Crippen molar-refractivity contribution >= 4 is 40.4 Å². The Bertz CT molecular complexity index is 390. The summed E-state index contributed by atoms with van der Waals surface area (Å²) >= 11 is 9.40. The largest absolute Gasteiger partial charge is 0.375 e. The Morgan fingerprint density at radius 2 is 2.11 bits per heavy atom. The van der Waals surface area contributed by atoms with Crippen LogP contribution >= 0.6 is 24.4 Å². The molecular formula is C8H14N6O2S2. The van der Waals surface area contributed by atoms with Crippen molar-refractivity contribution in [3.8, 4) is 0 Å². The fraction of sp³-hybridized carbons (Fsp3) is 0.625. The highest BCUT2D eigenvalue weighted by molar-refractivity contribution is 7.80. The first kappa shape index (κ1) is 13.4. The van der Waals surface area contributed by atoms with Crippen molar-refractivity contribution in [1.82, 2.24) is 16.3 Å². The molecule has 0 aromatic carbocycles. The van der Waals surface area contributed by atoms with E-state index in [4.69, 9.17) is 33.2 Å². The molecule has 2 saturated heterocycles. The zero-order valence-corrected chi connectivity index (χ0v) is 11.0. The monoisotopic (exact) mass is 290 g/mol. The predicted octanol–water partition coefficient (Wildman–Crippen LogP) is -1.97. The smallest absolute Gasteiger partial charge is 0.199 e. The normalized spacial score (nSPS) is 32.2. The predicted molar refractivity (Wildman–Crippen MR) is 73.4 cm³/mol. The maximum atomic E-state index is 5.62. The van der Waals surface area contributed by atoms with Crippen LogP contribution in [-0.2, 0) is 9.47 Å². The van der Waals surface area contributed by atoms with Crippen molar-refractivity contribution in [3.05, 3.63) is 0 Å². The van der Waals surface area contributed by atoms with E-state index < -0.39 is 6.29 Å². The highest BCUT2D eigenvalue weighted by Crippen LogP contribution is 2.25. The average Bonchev–Trinajstić information content (AvgIpc) is 2.71. The number of ether oxygens (including phenoxy) is 2.